The number of nitrogens with one attached hydrogen (secondary N) is 1. The van der Waals surface area contributed by atoms with Gasteiger partial charge in [-0.05, 0) is 20.8 Å². The first-order chi connectivity index (χ1) is 7.66. The molecular weight excluding hydrogens is 238 g/mol. The zero-order valence-corrected chi connectivity index (χ0v) is 11.3. The van der Waals surface area contributed by atoms with E-state index >= 15 is 0 Å². The Hall–Kier alpha value is -0.780. The first-order valence-electron chi connectivity index (χ1n) is 5.21. The van der Waals surface area contributed by atoms with Crippen LogP contribution in [0.4, 0.5) is 0 Å². The molecule has 86 valence electrons. The van der Waals surface area contributed by atoms with Crippen LogP contribution in [-0.2, 0) is 6.54 Å². The molecule has 2 aromatic heterocycles. The molecule has 0 bridgehead atoms. The molecule has 0 aromatic carbocycles. The van der Waals surface area contributed by atoms with Gasteiger partial charge in [0.1, 0.15) is 5.01 Å². The Morgan fingerprint density at radius 3 is 2.75 bits per heavy atom. The molecule has 16 heavy (non-hydrogen) atoms. The lowest BCUT2D eigenvalue weighted by Crippen LogP contribution is -2.17. The molecule has 0 radical (unpaired) electrons. The third-order valence-electron chi connectivity index (χ3n) is 2.42. The lowest BCUT2D eigenvalue weighted by Gasteiger charge is -2.09. The quantitative estimate of drug-likeness (QED) is 0.910. The summed E-state index contributed by atoms with van der Waals surface area (Å²) in [5, 5.41) is 4.63. The van der Waals surface area contributed by atoms with Gasteiger partial charge >= 0.3 is 0 Å². The first kappa shape index (κ1) is 11.7. The number of aromatic nitrogens is 2. The molecule has 0 spiro atoms. The van der Waals surface area contributed by atoms with E-state index in [1.165, 1.54) is 9.75 Å². The van der Waals surface area contributed by atoms with Crippen molar-refractivity contribution in [3.8, 4) is 0 Å². The second-order valence-corrected chi connectivity index (χ2v) is 5.98. The molecule has 0 saturated carbocycles. The molecule has 0 aliphatic carbocycles. The van der Waals surface area contributed by atoms with Gasteiger partial charge in [0.05, 0.1) is 17.2 Å². The lowest BCUT2D eigenvalue weighted by atomic mass is 10.3. The zero-order chi connectivity index (χ0) is 11.5. The Kier molecular flexibility index (Phi) is 3.68. The van der Waals surface area contributed by atoms with Crippen LogP contribution in [0.2, 0.25) is 0 Å². The molecule has 2 aromatic rings. The van der Waals surface area contributed by atoms with Crippen LogP contribution in [0.15, 0.2) is 11.7 Å². The third kappa shape index (κ3) is 2.66. The highest BCUT2D eigenvalue weighted by atomic mass is 32.1. The highest BCUT2D eigenvalue weighted by Gasteiger charge is 2.10. The number of rotatable bonds is 4. The van der Waals surface area contributed by atoms with Crippen LogP contribution in [-0.4, -0.2) is 9.97 Å². The van der Waals surface area contributed by atoms with Crippen LogP contribution in [0.3, 0.4) is 0 Å². The van der Waals surface area contributed by atoms with Gasteiger partial charge in [-0.15, -0.1) is 22.7 Å². The monoisotopic (exact) mass is 253 g/mol. The van der Waals surface area contributed by atoms with E-state index in [-0.39, 0.29) is 0 Å². The zero-order valence-electron chi connectivity index (χ0n) is 9.65. The van der Waals surface area contributed by atoms with E-state index < -0.39 is 0 Å². The van der Waals surface area contributed by atoms with Crippen LogP contribution >= 0.6 is 22.7 Å². The molecule has 2 rings (SSSR count). The largest absolute Gasteiger partial charge is 0.303 e. The second-order valence-electron chi connectivity index (χ2n) is 3.77. The molecule has 0 aliphatic rings. The minimum atomic E-state index is 0.306. The molecule has 0 aliphatic heterocycles. The van der Waals surface area contributed by atoms with Crippen LogP contribution in [0, 0.1) is 13.8 Å². The van der Waals surface area contributed by atoms with Gasteiger partial charge < -0.3 is 5.32 Å². The van der Waals surface area contributed by atoms with Gasteiger partial charge in [0.2, 0.25) is 0 Å². The lowest BCUT2D eigenvalue weighted by molar-refractivity contribution is 0.574. The van der Waals surface area contributed by atoms with Gasteiger partial charge in [-0.3, -0.25) is 0 Å². The molecule has 5 heteroatoms. The van der Waals surface area contributed by atoms with E-state index in [0.717, 1.165) is 17.2 Å². The van der Waals surface area contributed by atoms with Gasteiger partial charge in [-0.25, -0.2) is 9.97 Å². The maximum atomic E-state index is 4.38. The van der Waals surface area contributed by atoms with Crippen LogP contribution in [0.1, 0.15) is 33.4 Å². The van der Waals surface area contributed by atoms with E-state index in [1.807, 2.05) is 18.6 Å². The predicted molar refractivity (Wildman–Crippen MR) is 69.0 cm³/mol. The summed E-state index contributed by atoms with van der Waals surface area (Å²) < 4.78 is 0. The molecule has 3 nitrogen and oxygen atoms in total. The summed E-state index contributed by atoms with van der Waals surface area (Å²) in [4.78, 5) is 11.2. The SMILES string of the molecule is Cc1cnc(C(C)NCc2scnc2C)s1. The maximum Gasteiger partial charge on any atom is 0.109 e. The topological polar surface area (TPSA) is 37.8 Å². The molecule has 1 unspecified atom stereocenters. The number of hydrogen-bond acceptors (Lipinski definition) is 5. The summed E-state index contributed by atoms with van der Waals surface area (Å²) in [6.45, 7) is 7.15. The van der Waals surface area contributed by atoms with E-state index in [4.69, 9.17) is 0 Å². The van der Waals surface area contributed by atoms with Gasteiger partial charge in [-0.2, -0.15) is 0 Å². The molecule has 0 fully saturated rings. The summed E-state index contributed by atoms with van der Waals surface area (Å²) in [5.74, 6) is 0. The Morgan fingerprint density at radius 2 is 2.19 bits per heavy atom. The van der Waals surface area contributed by atoms with E-state index in [9.17, 15) is 0 Å². The van der Waals surface area contributed by atoms with Gasteiger partial charge in [0.15, 0.2) is 0 Å². The fraction of sp³-hybridized carbons (Fsp3) is 0.455. The van der Waals surface area contributed by atoms with E-state index in [0.29, 0.717) is 6.04 Å². The van der Waals surface area contributed by atoms with Gasteiger partial charge in [-0.1, -0.05) is 0 Å². The molecule has 0 amide bonds. The molecule has 0 saturated heterocycles. The Morgan fingerprint density at radius 1 is 1.38 bits per heavy atom. The van der Waals surface area contributed by atoms with Crippen molar-refractivity contribution in [2.75, 3.05) is 0 Å². The molecule has 1 atom stereocenters. The summed E-state index contributed by atoms with van der Waals surface area (Å²) in [7, 11) is 0. The third-order valence-corrected chi connectivity index (χ3v) is 4.45. The van der Waals surface area contributed by atoms with Crippen molar-refractivity contribution in [3.05, 3.63) is 32.2 Å². The number of hydrogen-bond donors (Lipinski definition) is 1. The van der Waals surface area contributed by atoms with E-state index in [2.05, 4.69) is 29.1 Å². The molecular formula is C11H15N3S2. The number of aryl methyl sites for hydroxylation is 2. The van der Waals surface area contributed by atoms with Crippen LogP contribution in [0.25, 0.3) is 0 Å². The highest BCUT2D eigenvalue weighted by Crippen LogP contribution is 2.20. The molecule has 1 N–H and O–H groups in total. The van der Waals surface area contributed by atoms with Crippen molar-refractivity contribution in [3.63, 3.8) is 0 Å². The smallest absolute Gasteiger partial charge is 0.109 e. The Labute approximate surface area is 104 Å². The fourth-order valence-corrected chi connectivity index (χ4v) is 2.93. The first-order valence-corrected chi connectivity index (χ1v) is 6.91. The normalized spacial score (nSPS) is 12.9. The average molecular weight is 253 g/mol. The van der Waals surface area contributed by atoms with Crippen molar-refractivity contribution in [2.45, 2.75) is 33.4 Å². The maximum absolute atomic E-state index is 4.38. The standard InChI is InChI=1S/C11H15N3S2/c1-7-4-13-11(16-7)9(3)12-5-10-8(2)14-6-15-10/h4,6,9,12H,5H2,1-3H3. The summed E-state index contributed by atoms with van der Waals surface area (Å²) in [6.07, 6.45) is 1.93. The highest BCUT2D eigenvalue weighted by molar-refractivity contribution is 7.11. The fourth-order valence-electron chi connectivity index (χ4n) is 1.40. The average Bonchev–Trinajstić information content (AvgIpc) is 2.84. The van der Waals surface area contributed by atoms with Crippen LogP contribution < -0.4 is 5.32 Å². The second kappa shape index (κ2) is 5.03. The Bertz CT molecular complexity index is 461. The molecule has 2 heterocycles. The van der Waals surface area contributed by atoms with Crippen molar-refractivity contribution < 1.29 is 0 Å². The minimum absolute atomic E-state index is 0.306. The number of thiazole rings is 2. The van der Waals surface area contributed by atoms with Crippen molar-refractivity contribution in [1.29, 1.82) is 0 Å². The van der Waals surface area contributed by atoms with Crippen molar-refractivity contribution in [1.82, 2.24) is 15.3 Å². The van der Waals surface area contributed by atoms with E-state index in [1.54, 1.807) is 22.7 Å². The van der Waals surface area contributed by atoms with Crippen molar-refractivity contribution in [2.24, 2.45) is 0 Å². The minimum Gasteiger partial charge on any atom is -0.303 e. The summed E-state index contributed by atoms with van der Waals surface area (Å²) in [5.41, 5.74) is 3.02. The number of nitrogens with zero attached hydrogens (tertiary/aromatic N) is 2. The van der Waals surface area contributed by atoms with Crippen molar-refractivity contribution >= 4 is 22.7 Å². The summed E-state index contributed by atoms with van der Waals surface area (Å²) in [6, 6.07) is 0.306. The van der Waals surface area contributed by atoms with Gasteiger partial charge in [0, 0.05) is 22.5 Å². The van der Waals surface area contributed by atoms with Crippen LogP contribution in [0.5, 0.6) is 0 Å². The van der Waals surface area contributed by atoms with Gasteiger partial charge in [0.25, 0.3) is 0 Å². The predicted octanol–water partition coefficient (Wildman–Crippen LogP) is 3.07. The Balaban J connectivity index is 1.93. The summed E-state index contributed by atoms with van der Waals surface area (Å²) >= 11 is 3.45.